The Labute approximate surface area is 81.6 Å². The van der Waals surface area contributed by atoms with Crippen LogP contribution in [0.2, 0.25) is 0 Å². The second-order valence-corrected chi connectivity index (χ2v) is 3.09. The quantitative estimate of drug-likeness (QED) is 0.722. The number of anilines is 1. The van der Waals surface area contributed by atoms with Crippen molar-refractivity contribution in [2.45, 2.75) is 13.8 Å². The van der Waals surface area contributed by atoms with Crippen LogP contribution in [-0.4, -0.2) is 19.7 Å². The first kappa shape index (κ1) is 8.68. The molecule has 14 heavy (non-hydrogen) atoms. The molecule has 5 nitrogen and oxygen atoms in total. The van der Waals surface area contributed by atoms with Gasteiger partial charge in [-0.05, 0) is 13.8 Å². The van der Waals surface area contributed by atoms with Gasteiger partial charge < -0.3 is 5.73 Å². The fraction of sp³-hybridized carbons (Fsp3) is 0.222. The molecule has 2 heterocycles. The van der Waals surface area contributed by atoms with Crippen molar-refractivity contribution >= 4 is 5.69 Å². The van der Waals surface area contributed by atoms with Crippen molar-refractivity contribution in [1.82, 2.24) is 19.7 Å². The molecule has 0 aliphatic heterocycles. The third kappa shape index (κ3) is 1.22. The van der Waals surface area contributed by atoms with Crippen LogP contribution in [-0.2, 0) is 0 Å². The minimum atomic E-state index is 0.717. The van der Waals surface area contributed by atoms with Gasteiger partial charge in [-0.2, -0.15) is 5.10 Å². The molecule has 0 amide bonds. The Kier molecular flexibility index (Phi) is 1.92. The summed E-state index contributed by atoms with van der Waals surface area (Å²) in [4.78, 5) is 7.86. The van der Waals surface area contributed by atoms with Gasteiger partial charge in [0.25, 0.3) is 0 Å². The van der Waals surface area contributed by atoms with Crippen LogP contribution in [0.1, 0.15) is 11.4 Å². The number of nitrogens with two attached hydrogens (primary N) is 1. The molecular formula is C9H11N5. The van der Waals surface area contributed by atoms with Crippen molar-refractivity contribution in [3.05, 3.63) is 30.1 Å². The molecule has 0 saturated heterocycles. The maximum atomic E-state index is 5.82. The maximum Gasteiger partial charge on any atom is 0.115 e. The second kappa shape index (κ2) is 3.10. The molecule has 0 aliphatic carbocycles. The van der Waals surface area contributed by atoms with Crippen LogP contribution >= 0.6 is 0 Å². The van der Waals surface area contributed by atoms with Crippen molar-refractivity contribution in [1.29, 1.82) is 0 Å². The number of hydrogen-bond donors (Lipinski definition) is 1. The van der Waals surface area contributed by atoms with Crippen LogP contribution in [0.4, 0.5) is 5.69 Å². The molecule has 0 aliphatic rings. The van der Waals surface area contributed by atoms with Crippen LogP contribution in [0.15, 0.2) is 18.7 Å². The first-order valence-electron chi connectivity index (χ1n) is 4.27. The molecule has 2 aromatic heterocycles. The highest BCUT2D eigenvalue weighted by Crippen LogP contribution is 2.17. The molecule has 0 saturated carbocycles. The Morgan fingerprint density at radius 1 is 1.21 bits per heavy atom. The van der Waals surface area contributed by atoms with Crippen LogP contribution in [0.25, 0.3) is 5.69 Å². The highest BCUT2D eigenvalue weighted by atomic mass is 15.3. The van der Waals surface area contributed by atoms with Gasteiger partial charge in [0.15, 0.2) is 0 Å². The number of nitrogen functional groups attached to an aromatic ring is 1. The van der Waals surface area contributed by atoms with Gasteiger partial charge in [-0.15, -0.1) is 0 Å². The van der Waals surface area contributed by atoms with Crippen LogP contribution in [0, 0.1) is 13.8 Å². The van der Waals surface area contributed by atoms with Crippen LogP contribution in [0.3, 0.4) is 0 Å². The van der Waals surface area contributed by atoms with E-state index in [2.05, 4.69) is 15.1 Å². The summed E-state index contributed by atoms with van der Waals surface area (Å²) in [6, 6.07) is 0. The summed E-state index contributed by atoms with van der Waals surface area (Å²) in [5.74, 6) is 0. The van der Waals surface area contributed by atoms with Gasteiger partial charge in [-0.25, -0.2) is 14.6 Å². The smallest absolute Gasteiger partial charge is 0.115 e. The topological polar surface area (TPSA) is 69.6 Å². The zero-order valence-electron chi connectivity index (χ0n) is 8.10. The Morgan fingerprint density at radius 3 is 2.36 bits per heavy atom. The summed E-state index contributed by atoms with van der Waals surface area (Å²) in [6.07, 6.45) is 4.89. The first-order chi connectivity index (χ1) is 6.70. The maximum absolute atomic E-state index is 5.82. The SMILES string of the molecule is Cc1nn(-c2cncnc2)c(C)c1N. The van der Waals surface area contributed by atoms with E-state index in [0.29, 0.717) is 5.69 Å². The summed E-state index contributed by atoms with van der Waals surface area (Å²) in [5, 5.41) is 4.29. The van der Waals surface area contributed by atoms with E-state index in [1.54, 1.807) is 17.1 Å². The van der Waals surface area contributed by atoms with Crippen molar-refractivity contribution in [2.24, 2.45) is 0 Å². The van der Waals surface area contributed by atoms with E-state index in [0.717, 1.165) is 17.1 Å². The van der Waals surface area contributed by atoms with E-state index in [1.165, 1.54) is 6.33 Å². The van der Waals surface area contributed by atoms with Gasteiger partial charge in [0.1, 0.15) is 12.0 Å². The molecule has 2 N–H and O–H groups in total. The predicted molar refractivity (Wildman–Crippen MR) is 53.0 cm³/mol. The van der Waals surface area contributed by atoms with E-state index in [4.69, 9.17) is 5.73 Å². The van der Waals surface area contributed by atoms with E-state index in [9.17, 15) is 0 Å². The number of aryl methyl sites for hydroxylation is 1. The molecule has 5 heteroatoms. The Hall–Kier alpha value is -1.91. The minimum Gasteiger partial charge on any atom is -0.396 e. The van der Waals surface area contributed by atoms with E-state index < -0.39 is 0 Å². The van der Waals surface area contributed by atoms with Gasteiger partial charge >= 0.3 is 0 Å². The molecule has 0 bridgehead atoms. The van der Waals surface area contributed by atoms with Gasteiger partial charge in [-0.3, -0.25) is 0 Å². The zero-order chi connectivity index (χ0) is 10.1. The Balaban J connectivity index is 2.58. The summed E-state index contributed by atoms with van der Waals surface area (Å²) in [6.45, 7) is 3.80. The lowest BCUT2D eigenvalue weighted by molar-refractivity contribution is 0.821. The van der Waals surface area contributed by atoms with E-state index in [-0.39, 0.29) is 0 Å². The molecule has 2 rings (SSSR count). The summed E-state index contributed by atoms with van der Waals surface area (Å²) < 4.78 is 1.74. The summed E-state index contributed by atoms with van der Waals surface area (Å²) in [7, 11) is 0. The molecule has 0 aromatic carbocycles. The predicted octanol–water partition coefficient (Wildman–Crippen LogP) is 0.861. The second-order valence-electron chi connectivity index (χ2n) is 3.09. The van der Waals surface area contributed by atoms with Crippen LogP contribution < -0.4 is 5.73 Å². The van der Waals surface area contributed by atoms with E-state index in [1.807, 2.05) is 13.8 Å². The fourth-order valence-corrected chi connectivity index (χ4v) is 1.31. The average molecular weight is 189 g/mol. The molecule has 72 valence electrons. The lowest BCUT2D eigenvalue weighted by Crippen LogP contribution is -2.00. The molecule has 0 spiro atoms. The molecule has 0 atom stereocenters. The van der Waals surface area contributed by atoms with Crippen molar-refractivity contribution in [3.63, 3.8) is 0 Å². The normalized spacial score (nSPS) is 10.4. The van der Waals surface area contributed by atoms with Crippen molar-refractivity contribution in [3.8, 4) is 5.69 Å². The number of nitrogens with zero attached hydrogens (tertiary/aromatic N) is 4. The van der Waals surface area contributed by atoms with Crippen molar-refractivity contribution < 1.29 is 0 Å². The number of aromatic nitrogens is 4. The zero-order valence-corrected chi connectivity index (χ0v) is 8.10. The third-order valence-corrected chi connectivity index (χ3v) is 2.14. The molecule has 0 fully saturated rings. The molecule has 0 unspecified atom stereocenters. The Morgan fingerprint density at radius 2 is 1.86 bits per heavy atom. The summed E-state index contributed by atoms with van der Waals surface area (Å²) >= 11 is 0. The standard InChI is InChI=1S/C9H11N5/c1-6-9(10)7(2)14(13-6)8-3-11-5-12-4-8/h3-5H,10H2,1-2H3. The Bertz CT molecular complexity index is 446. The highest BCUT2D eigenvalue weighted by molar-refractivity contribution is 5.49. The average Bonchev–Trinajstić information content (AvgIpc) is 2.47. The fourth-order valence-electron chi connectivity index (χ4n) is 1.31. The largest absolute Gasteiger partial charge is 0.396 e. The molecule has 2 aromatic rings. The van der Waals surface area contributed by atoms with Gasteiger partial charge in [0, 0.05) is 0 Å². The number of rotatable bonds is 1. The van der Waals surface area contributed by atoms with Gasteiger partial charge in [0.2, 0.25) is 0 Å². The summed E-state index contributed by atoms with van der Waals surface area (Å²) in [5.41, 5.74) is 9.10. The highest BCUT2D eigenvalue weighted by Gasteiger charge is 2.09. The van der Waals surface area contributed by atoms with Crippen molar-refractivity contribution in [2.75, 3.05) is 5.73 Å². The van der Waals surface area contributed by atoms with Gasteiger partial charge in [-0.1, -0.05) is 0 Å². The molecular weight excluding hydrogens is 178 g/mol. The third-order valence-electron chi connectivity index (χ3n) is 2.14. The lowest BCUT2D eigenvalue weighted by atomic mass is 10.3. The van der Waals surface area contributed by atoms with E-state index >= 15 is 0 Å². The number of hydrogen-bond acceptors (Lipinski definition) is 4. The first-order valence-corrected chi connectivity index (χ1v) is 4.27. The minimum absolute atomic E-state index is 0.717. The lowest BCUT2D eigenvalue weighted by Gasteiger charge is -2.01. The molecule has 0 radical (unpaired) electrons. The van der Waals surface area contributed by atoms with Gasteiger partial charge in [0.05, 0.1) is 29.5 Å². The van der Waals surface area contributed by atoms with Crippen LogP contribution in [0.5, 0.6) is 0 Å². The monoisotopic (exact) mass is 189 g/mol.